The molecule has 1 amide bonds. The minimum absolute atomic E-state index is 0.109. The fourth-order valence-electron chi connectivity index (χ4n) is 2.14. The second kappa shape index (κ2) is 4.93. The van der Waals surface area contributed by atoms with E-state index in [1.807, 2.05) is 13.0 Å². The van der Waals surface area contributed by atoms with E-state index in [-0.39, 0.29) is 5.91 Å². The van der Waals surface area contributed by atoms with Crippen molar-refractivity contribution < 1.29 is 9.59 Å². The van der Waals surface area contributed by atoms with Gasteiger partial charge in [0.2, 0.25) is 12.0 Å². The van der Waals surface area contributed by atoms with E-state index in [2.05, 4.69) is 4.99 Å². The van der Waals surface area contributed by atoms with Gasteiger partial charge in [0.25, 0.3) is 0 Å². The van der Waals surface area contributed by atoms with E-state index in [4.69, 9.17) is 0 Å². The Morgan fingerprint density at radius 3 is 3.06 bits per heavy atom. The van der Waals surface area contributed by atoms with Gasteiger partial charge in [0, 0.05) is 18.7 Å². The van der Waals surface area contributed by atoms with Crippen molar-refractivity contribution in [2.75, 3.05) is 11.4 Å². The minimum atomic E-state index is 0.109. The monoisotopic (exact) mass is 230 g/mol. The van der Waals surface area contributed by atoms with Crippen LogP contribution in [0, 0.1) is 0 Å². The van der Waals surface area contributed by atoms with E-state index in [1.54, 1.807) is 17.0 Å². The van der Waals surface area contributed by atoms with Crippen LogP contribution in [0.2, 0.25) is 0 Å². The van der Waals surface area contributed by atoms with Crippen LogP contribution in [0.15, 0.2) is 23.2 Å². The van der Waals surface area contributed by atoms with Gasteiger partial charge in [-0.15, -0.1) is 0 Å². The van der Waals surface area contributed by atoms with Crippen molar-refractivity contribution in [3.63, 3.8) is 0 Å². The Hall–Kier alpha value is -1.93. The lowest BCUT2D eigenvalue weighted by molar-refractivity contribution is -0.118. The van der Waals surface area contributed by atoms with Gasteiger partial charge in [-0.05, 0) is 30.5 Å². The second-order valence-electron chi connectivity index (χ2n) is 4.02. The Kier molecular flexibility index (Phi) is 3.35. The molecule has 0 aromatic heterocycles. The van der Waals surface area contributed by atoms with Crippen LogP contribution in [0.1, 0.15) is 25.3 Å². The second-order valence-corrected chi connectivity index (χ2v) is 4.02. The van der Waals surface area contributed by atoms with Gasteiger partial charge in [0.15, 0.2) is 0 Å². The smallest absolute Gasteiger partial charge is 0.240 e. The maximum absolute atomic E-state index is 11.8. The molecule has 88 valence electrons. The standard InChI is InChI=1S/C13H14N2O2/c1-2-13(17)15-7-3-4-10-5-6-11(14-9-16)8-12(10)15/h5-6,8H,2-4,7H2,1H3. The van der Waals surface area contributed by atoms with Crippen molar-refractivity contribution in [2.24, 2.45) is 4.99 Å². The third-order valence-corrected chi connectivity index (χ3v) is 2.97. The van der Waals surface area contributed by atoms with Gasteiger partial charge < -0.3 is 4.90 Å². The van der Waals surface area contributed by atoms with Gasteiger partial charge >= 0.3 is 0 Å². The molecule has 0 fully saturated rings. The lowest BCUT2D eigenvalue weighted by atomic mass is 10.0. The first-order valence-corrected chi connectivity index (χ1v) is 5.77. The fourth-order valence-corrected chi connectivity index (χ4v) is 2.14. The van der Waals surface area contributed by atoms with Gasteiger partial charge in [0.05, 0.1) is 5.69 Å². The van der Waals surface area contributed by atoms with Crippen LogP contribution in [0.25, 0.3) is 0 Å². The summed E-state index contributed by atoms with van der Waals surface area (Å²) in [5, 5.41) is 0. The van der Waals surface area contributed by atoms with E-state index < -0.39 is 0 Å². The molecule has 0 spiro atoms. The van der Waals surface area contributed by atoms with Gasteiger partial charge in [-0.25, -0.2) is 4.79 Å². The maximum atomic E-state index is 11.8. The van der Waals surface area contributed by atoms with Gasteiger partial charge in [0.1, 0.15) is 0 Å². The molecule has 0 N–H and O–H groups in total. The zero-order valence-corrected chi connectivity index (χ0v) is 9.77. The molecule has 1 aromatic rings. The molecule has 0 radical (unpaired) electrons. The zero-order valence-electron chi connectivity index (χ0n) is 9.77. The molecule has 0 saturated heterocycles. The quantitative estimate of drug-likeness (QED) is 0.578. The van der Waals surface area contributed by atoms with E-state index >= 15 is 0 Å². The molecule has 0 saturated carbocycles. The Labute approximate surface area is 100.0 Å². The summed E-state index contributed by atoms with van der Waals surface area (Å²) in [7, 11) is 0. The summed E-state index contributed by atoms with van der Waals surface area (Å²) in [6, 6.07) is 5.50. The first kappa shape index (κ1) is 11.6. The number of benzene rings is 1. The van der Waals surface area contributed by atoms with Crippen LogP contribution in [-0.2, 0) is 16.0 Å². The summed E-state index contributed by atoms with van der Waals surface area (Å²) in [6.07, 6.45) is 3.95. The number of aryl methyl sites for hydroxylation is 1. The number of aliphatic imine (C=N–C) groups is 1. The van der Waals surface area contributed by atoms with Gasteiger partial charge in [-0.3, -0.25) is 4.79 Å². The number of hydrogen-bond donors (Lipinski definition) is 0. The highest BCUT2D eigenvalue weighted by molar-refractivity contribution is 5.94. The Bertz CT molecular complexity index is 490. The van der Waals surface area contributed by atoms with Crippen molar-refractivity contribution in [2.45, 2.75) is 26.2 Å². The Morgan fingerprint density at radius 2 is 2.35 bits per heavy atom. The summed E-state index contributed by atoms with van der Waals surface area (Å²) in [6.45, 7) is 2.60. The Morgan fingerprint density at radius 1 is 1.53 bits per heavy atom. The zero-order chi connectivity index (χ0) is 12.3. The highest BCUT2D eigenvalue weighted by Gasteiger charge is 2.21. The number of hydrogen-bond acceptors (Lipinski definition) is 3. The number of carbonyl (C=O) groups is 1. The molecule has 0 aliphatic carbocycles. The number of amides is 1. The maximum Gasteiger partial charge on any atom is 0.240 e. The number of isocyanates is 1. The van der Waals surface area contributed by atoms with E-state index in [0.717, 1.165) is 30.6 Å². The first-order chi connectivity index (χ1) is 8.26. The van der Waals surface area contributed by atoms with Crippen molar-refractivity contribution in [3.05, 3.63) is 23.8 Å². The SMILES string of the molecule is CCC(=O)N1CCCc2ccc(N=C=O)cc21. The van der Waals surface area contributed by atoms with Crippen LogP contribution >= 0.6 is 0 Å². The highest BCUT2D eigenvalue weighted by atomic mass is 16.2. The molecule has 1 heterocycles. The summed E-state index contributed by atoms with van der Waals surface area (Å²) in [5.41, 5.74) is 2.58. The van der Waals surface area contributed by atoms with E-state index in [0.29, 0.717) is 12.1 Å². The lowest BCUT2D eigenvalue weighted by Crippen LogP contribution is -2.34. The average Bonchev–Trinajstić information content (AvgIpc) is 2.37. The summed E-state index contributed by atoms with van der Waals surface area (Å²) < 4.78 is 0. The number of anilines is 1. The molecule has 4 nitrogen and oxygen atoms in total. The molecular weight excluding hydrogens is 216 g/mol. The van der Waals surface area contributed by atoms with Crippen molar-refractivity contribution in [1.82, 2.24) is 0 Å². The summed E-state index contributed by atoms with van der Waals surface area (Å²) in [4.78, 5) is 27.4. The molecule has 1 aliphatic heterocycles. The third-order valence-electron chi connectivity index (χ3n) is 2.97. The molecule has 1 aliphatic rings. The van der Waals surface area contributed by atoms with Gasteiger partial charge in [-0.2, -0.15) is 4.99 Å². The molecule has 1 aromatic carbocycles. The van der Waals surface area contributed by atoms with E-state index in [9.17, 15) is 9.59 Å². The molecule has 17 heavy (non-hydrogen) atoms. The van der Waals surface area contributed by atoms with Crippen molar-refractivity contribution in [1.29, 1.82) is 0 Å². The molecule has 0 bridgehead atoms. The number of carbonyl (C=O) groups excluding carboxylic acids is 2. The topological polar surface area (TPSA) is 49.7 Å². The largest absolute Gasteiger partial charge is 0.312 e. The van der Waals surface area contributed by atoms with Crippen molar-refractivity contribution in [3.8, 4) is 0 Å². The predicted octanol–water partition coefficient (Wildman–Crippen LogP) is 2.34. The number of nitrogens with zero attached hydrogens (tertiary/aromatic N) is 2. The Balaban J connectivity index is 2.43. The highest BCUT2D eigenvalue weighted by Crippen LogP contribution is 2.31. The minimum Gasteiger partial charge on any atom is -0.312 e. The van der Waals surface area contributed by atoms with Crippen LogP contribution in [0.5, 0.6) is 0 Å². The summed E-state index contributed by atoms with van der Waals surface area (Å²) >= 11 is 0. The molecule has 0 atom stereocenters. The number of rotatable bonds is 2. The fraction of sp³-hybridized carbons (Fsp3) is 0.385. The predicted molar refractivity (Wildman–Crippen MR) is 65.2 cm³/mol. The average molecular weight is 230 g/mol. The number of fused-ring (bicyclic) bond motifs is 1. The molecule has 0 unspecified atom stereocenters. The van der Waals surface area contributed by atoms with Crippen molar-refractivity contribution >= 4 is 23.4 Å². The van der Waals surface area contributed by atoms with Crippen LogP contribution < -0.4 is 4.90 Å². The molecule has 2 rings (SSSR count). The summed E-state index contributed by atoms with van der Waals surface area (Å²) in [5.74, 6) is 0.109. The van der Waals surface area contributed by atoms with Crippen LogP contribution in [0.4, 0.5) is 11.4 Å². The van der Waals surface area contributed by atoms with Crippen LogP contribution in [-0.4, -0.2) is 18.5 Å². The molecular formula is C13H14N2O2. The third kappa shape index (κ3) is 2.27. The van der Waals surface area contributed by atoms with Crippen LogP contribution in [0.3, 0.4) is 0 Å². The lowest BCUT2D eigenvalue weighted by Gasteiger charge is -2.29. The van der Waals surface area contributed by atoms with Gasteiger partial charge in [-0.1, -0.05) is 13.0 Å². The normalized spacial score (nSPS) is 13.8. The van der Waals surface area contributed by atoms with E-state index in [1.165, 1.54) is 6.08 Å². The first-order valence-electron chi connectivity index (χ1n) is 5.77. The molecule has 4 heteroatoms.